The van der Waals surface area contributed by atoms with Crippen molar-refractivity contribution in [2.24, 2.45) is 0 Å². The lowest BCUT2D eigenvalue weighted by Gasteiger charge is -2.00. The molecule has 37 heavy (non-hydrogen) atoms. The summed E-state index contributed by atoms with van der Waals surface area (Å²) in [6, 6.07) is 23.3. The van der Waals surface area contributed by atoms with Gasteiger partial charge in [0.2, 0.25) is 4.96 Å². The second-order valence-electron chi connectivity index (χ2n) is 8.07. The first-order chi connectivity index (χ1) is 18.0. The minimum atomic E-state index is -0.445. The highest BCUT2D eigenvalue weighted by Crippen LogP contribution is 2.27. The molecule has 0 spiro atoms. The summed E-state index contributed by atoms with van der Waals surface area (Å²) in [7, 11) is 0. The van der Waals surface area contributed by atoms with Crippen molar-refractivity contribution in [3.8, 4) is 28.3 Å². The summed E-state index contributed by atoms with van der Waals surface area (Å²) in [5.74, 6) is 0.469. The summed E-state index contributed by atoms with van der Waals surface area (Å²) in [6.07, 6.45) is 3.52. The Morgan fingerprint density at radius 3 is 2.46 bits per heavy atom. The number of thiazole rings is 1. The molecule has 0 atom stereocenters. The summed E-state index contributed by atoms with van der Waals surface area (Å²) in [4.78, 5) is 29.1. The molecule has 3 aromatic carbocycles. The molecule has 0 saturated carbocycles. The van der Waals surface area contributed by atoms with Gasteiger partial charge in [-0.2, -0.15) is 14.6 Å². The van der Waals surface area contributed by atoms with E-state index >= 15 is 0 Å². The smallest absolute Gasteiger partial charge is 0.266 e. The van der Waals surface area contributed by atoms with Gasteiger partial charge in [-0.05, 0) is 30.3 Å². The van der Waals surface area contributed by atoms with Crippen LogP contribution in [0.2, 0.25) is 0 Å². The van der Waals surface area contributed by atoms with Crippen LogP contribution in [-0.4, -0.2) is 29.3 Å². The van der Waals surface area contributed by atoms with E-state index < -0.39 is 4.92 Å². The minimum Gasteiger partial charge on any atom is -0.266 e. The number of benzene rings is 3. The average Bonchev–Trinajstić information content (AvgIpc) is 3.60. The highest BCUT2D eigenvalue weighted by molar-refractivity contribution is 9.10. The maximum atomic E-state index is 13.2. The molecule has 0 saturated heterocycles. The lowest BCUT2D eigenvalue weighted by molar-refractivity contribution is -0.384. The van der Waals surface area contributed by atoms with Crippen LogP contribution in [0.3, 0.4) is 0 Å². The number of nitrogens with zero attached hydrogens (tertiary/aromatic N) is 6. The Labute approximate surface area is 221 Å². The van der Waals surface area contributed by atoms with Crippen LogP contribution in [0.4, 0.5) is 5.69 Å². The number of fused-ring (bicyclic) bond motifs is 1. The van der Waals surface area contributed by atoms with Crippen LogP contribution in [0, 0.1) is 10.1 Å². The first kappa shape index (κ1) is 23.0. The van der Waals surface area contributed by atoms with E-state index in [-0.39, 0.29) is 11.2 Å². The summed E-state index contributed by atoms with van der Waals surface area (Å²) in [5.41, 5.74) is 3.01. The number of non-ortho nitro benzene ring substituents is 1. The molecule has 6 rings (SSSR count). The zero-order chi connectivity index (χ0) is 25.5. The Balaban J connectivity index is 1.49. The zero-order valence-corrected chi connectivity index (χ0v) is 21.3. The molecule has 6 aromatic rings. The molecule has 3 heterocycles. The Morgan fingerprint density at radius 1 is 0.946 bits per heavy atom. The van der Waals surface area contributed by atoms with Crippen LogP contribution < -0.4 is 10.1 Å². The number of halogens is 1. The van der Waals surface area contributed by atoms with Gasteiger partial charge in [-0.3, -0.25) is 14.9 Å². The molecule has 0 aliphatic carbocycles. The molecule has 3 aromatic heterocycles. The van der Waals surface area contributed by atoms with E-state index in [1.54, 1.807) is 29.1 Å². The minimum absolute atomic E-state index is 0.0403. The van der Waals surface area contributed by atoms with E-state index in [0.29, 0.717) is 32.1 Å². The monoisotopic (exact) mass is 570 g/mol. The van der Waals surface area contributed by atoms with Crippen LogP contribution in [-0.2, 0) is 0 Å². The van der Waals surface area contributed by atoms with Gasteiger partial charge in [0.25, 0.3) is 11.2 Å². The van der Waals surface area contributed by atoms with Crippen LogP contribution in [0.1, 0.15) is 5.56 Å². The lowest BCUT2D eigenvalue weighted by Crippen LogP contribution is -2.23. The number of rotatable bonds is 5. The average molecular weight is 571 g/mol. The number of para-hydroxylation sites is 1. The lowest BCUT2D eigenvalue weighted by atomic mass is 10.1. The van der Waals surface area contributed by atoms with Gasteiger partial charge in [0.05, 0.1) is 15.1 Å². The Kier molecular flexibility index (Phi) is 5.70. The second kappa shape index (κ2) is 9.19. The summed E-state index contributed by atoms with van der Waals surface area (Å²) in [5, 5.41) is 20.5. The molecule has 0 fully saturated rings. The third kappa shape index (κ3) is 4.34. The Bertz CT molecular complexity index is 1890. The van der Waals surface area contributed by atoms with Gasteiger partial charge in [0.1, 0.15) is 5.69 Å². The quantitative estimate of drug-likeness (QED) is 0.216. The number of aromatic nitrogens is 5. The number of nitro benzene ring substituents is 1. The van der Waals surface area contributed by atoms with E-state index in [1.807, 2.05) is 54.6 Å². The predicted molar refractivity (Wildman–Crippen MR) is 145 cm³/mol. The molecule has 0 unspecified atom stereocenters. The molecule has 0 N–H and O–H groups in total. The number of hydrogen-bond acceptors (Lipinski definition) is 7. The van der Waals surface area contributed by atoms with E-state index in [1.165, 1.54) is 28.0 Å². The largest absolute Gasteiger partial charge is 0.291 e. The molecule has 0 radical (unpaired) electrons. The topological polar surface area (TPSA) is 108 Å². The van der Waals surface area contributed by atoms with Crippen LogP contribution >= 0.6 is 27.3 Å². The maximum absolute atomic E-state index is 13.2. The van der Waals surface area contributed by atoms with E-state index in [0.717, 1.165) is 15.7 Å². The maximum Gasteiger partial charge on any atom is 0.291 e. The zero-order valence-electron chi connectivity index (χ0n) is 18.9. The molecular weight excluding hydrogens is 556 g/mol. The first-order valence-corrected chi connectivity index (χ1v) is 12.6. The summed E-state index contributed by atoms with van der Waals surface area (Å²) >= 11 is 4.63. The van der Waals surface area contributed by atoms with Gasteiger partial charge >= 0.3 is 0 Å². The molecule has 0 amide bonds. The van der Waals surface area contributed by atoms with Crippen molar-refractivity contribution in [2.45, 2.75) is 0 Å². The Morgan fingerprint density at radius 2 is 1.73 bits per heavy atom. The van der Waals surface area contributed by atoms with Gasteiger partial charge in [-0.1, -0.05) is 69.7 Å². The molecule has 0 aliphatic heterocycles. The van der Waals surface area contributed by atoms with Crippen molar-refractivity contribution in [3.05, 3.63) is 120 Å². The normalized spacial score (nSPS) is 11.9. The highest BCUT2D eigenvalue weighted by atomic mass is 79.9. The predicted octanol–water partition coefficient (Wildman–Crippen LogP) is 4.89. The highest BCUT2D eigenvalue weighted by Gasteiger charge is 2.16. The molecular formula is C26H15BrN6O3S. The third-order valence-corrected chi connectivity index (χ3v) is 7.15. The van der Waals surface area contributed by atoms with Gasteiger partial charge < -0.3 is 0 Å². The standard InChI is InChI=1S/C26H15BrN6O3S/c27-19-11-9-16(10-12-19)24-28-26-32(30-24)25(34)22(37-26)14-18-15-31(20-6-2-1-3-7-20)29-23(18)17-5-4-8-21(13-17)33(35)36/h1-15H/b22-14-. The van der Waals surface area contributed by atoms with Gasteiger partial charge in [0, 0.05) is 39.5 Å². The summed E-state index contributed by atoms with van der Waals surface area (Å²) < 4.78 is 4.35. The third-order valence-electron chi connectivity index (χ3n) is 5.66. The van der Waals surface area contributed by atoms with E-state index in [2.05, 4.69) is 26.0 Å². The van der Waals surface area contributed by atoms with Crippen molar-refractivity contribution in [3.63, 3.8) is 0 Å². The van der Waals surface area contributed by atoms with E-state index in [4.69, 9.17) is 5.10 Å². The van der Waals surface area contributed by atoms with Crippen LogP contribution in [0.15, 0.2) is 94.3 Å². The second-order valence-corrected chi connectivity index (χ2v) is 10.00. The first-order valence-electron chi connectivity index (χ1n) is 11.0. The number of hydrogen-bond donors (Lipinski definition) is 0. The molecule has 0 aliphatic rings. The molecule has 11 heteroatoms. The van der Waals surface area contributed by atoms with Crippen molar-refractivity contribution in [2.75, 3.05) is 0 Å². The molecule has 0 bridgehead atoms. The van der Waals surface area contributed by atoms with Crippen LogP contribution in [0.25, 0.3) is 39.4 Å². The van der Waals surface area contributed by atoms with E-state index in [9.17, 15) is 14.9 Å². The van der Waals surface area contributed by atoms with Crippen molar-refractivity contribution < 1.29 is 4.92 Å². The summed E-state index contributed by atoms with van der Waals surface area (Å²) in [6.45, 7) is 0. The van der Waals surface area contributed by atoms with Crippen molar-refractivity contribution in [1.29, 1.82) is 0 Å². The van der Waals surface area contributed by atoms with Gasteiger partial charge in [0.15, 0.2) is 5.82 Å². The fourth-order valence-corrected chi connectivity index (χ4v) is 5.06. The molecule has 180 valence electrons. The van der Waals surface area contributed by atoms with Gasteiger partial charge in [-0.15, -0.1) is 5.10 Å². The molecule has 9 nitrogen and oxygen atoms in total. The van der Waals surface area contributed by atoms with Crippen molar-refractivity contribution >= 4 is 44.0 Å². The fraction of sp³-hybridized carbons (Fsp3) is 0. The fourth-order valence-electron chi connectivity index (χ4n) is 3.89. The Hall–Kier alpha value is -4.48. The SMILES string of the molecule is O=c1/c(=C/c2cn(-c3ccccc3)nc2-c2cccc([N+](=O)[O-])c2)sc2nc(-c3ccc(Br)cc3)nn12. The van der Waals surface area contributed by atoms with Crippen LogP contribution in [0.5, 0.6) is 0 Å². The van der Waals surface area contributed by atoms with Crippen molar-refractivity contribution in [1.82, 2.24) is 24.4 Å². The van der Waals surface area contributed by atoms with Gasteiger partial charge in [-0.25, -0.2) is 4.68 Å². The number of nitro groups is 1.